The maximum atomic E-state index is 5.60. The summed E-state index contributed by atoms with van der Waals surface area (Å²) in [6.07, 6.45) is 0. The van der Waals surface area contributed by atoms with Gasteiger partial charge in [0, 0.05) is 5.88 Å². The molecule has 0 amide bonds. The van der Waals surface area contributed by atoms with Crippen LogP contribution in [-0.2, 0) is 6.54 Å². The highest BCUT2D eigenvalue weighted by Gasteiger charge is 2.00. The minimum Gasteiger partial charge on any atom is -0.243 e. The lowest BCUT2D eigenvalue weighted by molar-refractivity contribution is 0.650. The Balaban J connectivity index is 2.55. The van der Waals surface area contributed by atoms with Gasteiger partial charge in [0.25, 0.3) is 0 Å². The molecule has 1 heterocycles. The maximum absolute atomic E-state index is 5.60. The maximum Gasteiger partial charge on any atom is 0.113 e. The molecule has 0 aliphatic heterocycles. The smallest absolute Gasteiger partial charge is 0.113 e. The number of hydrogen-bond acceptors (Lipinski definition) is 2. The second kappa shape index (κ2) is 3.11. The van der Waals surface area contributed by atoms with Gasteiger partial charge in [0.05, 0.1) is 12.1 Å². The van der Waals surface area contributed by atoms with E-state index >= 15 is 0 Å². The van der Waals surface area contributed by atoms with E-state index in [0.717, 1.165) is 11.0 Å². The summed E-state index contributed by atoms with van der Waals surface area (Å²) in [5, 5.41) is 7.96. The van der Waals surface area contributed by atoms with Gasteiger partial charge < -0.3 is 0 Å². The number of rotatable bonds is 2. The van der Waals surface area contributed by atoms with Gasteiger partial charge in [-0.15, -0.1) is 16.7 Å². The molecule has 0 aliphatic rings. The predicted molar refractivity (Wildman–Crippen MR) is 48.2 cm³/mol. The minimum atomic E-state index is 0.563. The van der Waals surface area contributed by atoms with Crippen molar-refractivity contribution in [3.63, 3.8) is 0 Å². The summed E-state index contributed by atoms with van der Waals surface area (Å²) < 4.78 is 1.81. The molecule has 0 spiro atoms. The van der Waals surface area contributed by atoms with Crippen LogP contribution in [0.4, 0.5) is 0 Å². The van der Waals surface area contributed by atoms with Gasteiger partial charge >= 0.3 is 0 Å². The van der Waals surface area contributed by atoms with E-state index in [0.29, 0.717) is 12.4 Å². The van der Waals surface area contributed by atoms with Crippen LogP contribution in [0.1, 0.15) is 0 Å². The van der Waals surface area contributed by atoms with Crippen molar-refractivity contribution in [3.8, 4) is 0 Å². The third kappa shape index (κ3) is 1.16. The Morgan fingerprint density at radius 3 is 3.00 bits per heavy atom. The molecule has 0 aliphatic carbocycles. The van der Waals surface area contributed by atoms with E-state index in [1.165, 1.54) is 0 Å². The van der Waals surface area contributed by atoms with Crippen LogP contribution < -0.4 is 0 Å². The normalized spacial score (nSPS) is 10.8. The lowest BCUT2D eigenvalue weighted by Crippen LogP contribution is -2.00. The van der Waals surface area contributed by atoms with E-state index in [1.54, 1.807) is 0 Å². The summed E-state index contributed by atoms with van der Waals surface area (Å²) in [6, 6.07) is 7.84. The molecule has 2 aromatic rings. The molecule has 1 aromatic heterocycles. The zero-order valence-corrected chi connectivity index (χ0v) is 7.20. The number of nitrogens with zero attached hydrogens (tertiary/aromatic N) is 3. The Morgan fingerprint density at radius 1 is 1.33 bits per heavy atom. The van der Waals surface area contributed by atoms with E-state index < -0.39 is 0 Å². The summed E-state index contributed by atoms with van der Waals surface area (Å²) >= 11 is 5.60. The highest BCUT2D eigenvalue weighted by Crippen LogP contribution is 2.09. The van der Waals surface area contributed by atoms with Crippen LogP contribution in [-0.4, -0.2) is 20.9 Å². The summed E-state index contributed by atoms with van der Waals surface area (Å²) in [5.74, 6) is 0.563. The van der Waals surface area contributed by atoms with Crippen LogP contribution in [0.5, 0.6) is 0 Å². The van der Waals surface area contributed by atoms with Crippen molar-refractivity contribution in [2.24, 2.45) is 0 Å². The topological polar surface area (TPSA) is 30.7 Å². The molecule has 12 heavy (non-hydrogen) atoms. The van der Waals surface area contributed by atoms with E-state index in [1.807, 2.05) is 28.9 Å². The highest BCUT2D eigenvalue weighted by atomic mass is 35.5. The standard InChI is InChI=1S/C8H8ClN3/c9-5-6-12-8-4-2-1-3-7(8)10-11-12/h1-4H,5-6H2. The average molecular weight is 182 g/mol. The average Bonchev–Trinajstić information content (AvgIpc) is 2.50. The first kappa shape index (κ1) is 7.55. The summed E-state index contributed by atoms with van der Waals surface area (Å²) in [4.78, 5) is 0. The molecule has 3 nitrogen and oxygen atoms in total. The fraction of sp³-hybridized carbons (Fsp3) is 0.250. The van der Waals surface area contributed by atoms with Crippen molar-refractivity contribution < 1.29 is 0 Å². The monoisotopic (exact) mass is 181 g/mol. The zero-order valence-electron chi connectivity index (χ0n) is 6.44. The van der Waals surface area contributed by atoms with Crippen molar-refractivity contribution in [1.82, 2.24) is 15.0 Å². The largest absolute Gasteiger partial charge is 0.243 e. The Kier molecular flexibility index (Phi) is 1.96. The van der Waals surface area contributed by atoms with Gasteiger partial charge in [0.15, 0.2) is 0 Å². The molecule has 0 saturated carbocycles. The van der Waals surface area contributed by atoms with Crippen LogP contribution in [0.25, 0.3) is 11.0 Å². The summed E-state index contributed by atoms with van der Waals surface area (Å²) in [5.41, 5.74) is 1.96. The Bertz CT molecular complexity index is 382. The van der Waals surface area contributed by atoms with Crippen LogP contribution in [0, 0.1) is 0 Å². The minimum absolute atomic E-state index is 0.563. The van der Waals surface area contributed by atoms with Gasteiger partial charge in [-0.3, -0.25) is 0 Å². The number of aryl methyl sites for hydroxylation is 1. The Hall–Kier alpha value is -1.09. The van der Waals surface area contributed by atoms with Gasteiger partial charge in [0.2, 0.25) is 0 Å². The Morgan fingerprint density at radius 2 is 2.17 bits per heavy atom. The molecular formula is C8H8ClN3. The number of hydrogen-bond donors (Lipinski definition) is 0. The molecule has 4 heteroatoms. The first-order valence-corrected chi connectivity index (χ1v) is 4.29. The van der Waals surface area contributed by atoms with Crippen LogP contribution in [0.3, 0.4) is 0 Å². The lowest BCUT2D eigenvalue weighted by atomic mass is 10.3. The molecule has 0 unspecified atom stereocenters. The van der Waals surface area contributed by atoms with Crippen LogP contribution in [0.15, 0.2) is 24.3 Å². The molecule has 0 bridgehead atoms. The van der Waals surface area contributed by atoms with Crippen molar-refractivity contribution in [2.75, 3.05) is 5.88 Å². The van der Waals surface area contributed by atoms with Crippen molar-refractivity contribution >= 4 is 22.6 Å². The van der Waals surface area contributed by atoms with E-state index in [9.17, 15) is 0 Å². The number of benzene rings is 1. The van der Waals surface area contributed by atoms with Crippen molar-refractivity contribution in [1.29, 1.82) is 0 Å². The van der Waals surface area contributed by atoms with Gasteiger partial charge in [-0.2, -0.15) is 0 Å². The zero-order chi connectivity index (χ0) is 8.39. The van der Waals surface area contributed by atoms with E-state index in [-0.39, 0.29) is 0 Å². The van der Waals surface area contributed by atoms with Gasteiger partial charge in [-0.25, -0.2) is 4.68 Å². The predicted octanol–water partition coefficient (Wildman–Crippen LogP) is 1.67. The number of para-hydroxylation sites is 1. The molecule has 0 radical (unpaired) electrons. The first-order chi connectivity index (χ1) is 5.92. The molecule has 0 saturated heterocycles. The molecule has 2 rings (SSSR count). The Labute approximate surface area is 74.9 Å². The number of halogens is 1. The number of aromatic nitrogens is 3. The molecule has 0 fully saturated rings. The van der Waals surface area contributed by atoms with Gasteiger partial charge in [-0.05, 0) is 12.1 Å². The second-order valence-corrected chi connectivity index (χ2v) is 2.87. The first-order valence-electron chi connectivity index (χ1n) is 3.76. The quantitative estimate of drug-likeness (QED) is 0.660. The van der Waals surface area contributed by atoms with Crippen molar-refractivity contribution in [3.05, 3.63) is 24.3 Å². The van der Waals surface area contributed by atoms with Crippen LogP contribution >= 0.6 is 11.6 Å². The number of fused-ring (bicyclic) bond motifs is 1. The SMILES string of the molecule is ClCCn1nnc2ccccc21. The highest BCUT2D eigenvalue weighted by molar-refractivity contribution is 6.17. The molecule has 62 valence electrons. The molecular weight excluding hydrogens is 174 g/mol. The summed E-state index contributed by atoms with van der Waals surface area (Å²) in [7, 11) is 0. The third-order valence-corrected chi connectivity index (χ3v) is 1.89. The lowest BCUT2D eigenvalue weighted by Gasteiger charge is -1.95. The molecule has 0 N–H and O–H groups in total. The fourth-order valence-electron chi connectivity index (χ4n) is 1.16. The molecule has 0 atom stereocenters. The van der Waals surface area contributed by atoms with Gasteiger partial charge in [0.1, 0.15) is 5.52 Å². The van der Waals surface area contributed by atoms with E-state index in [4.69, 9.17) is 11.6 Å². The second-order valence-electron chi connectivity index (χ2n) is 2.49. The van der Waals surface area contributed by atoms with E-state index in [2.05, 4.69) is 10.3 Å². The third-order valence-electron chi connectivity index (χ3n) is 1.72. The fourth-order valence-corrected chi connectivity index (χ4v) is 1.32. The number of alkyl halides is 1. The summed E-state index contributed by atoms with van der Waals surface area (Å²) in [6.45, 7) is 0.710. The molecule has 1 aromatic carbocycles. The van der Waals surface area contributed by atoms with Crippen molar-refractivity contribution in [2.45, 2.75) is 6.54 Å². The van der Waals surface area contributed by atoms with Crippen LogP contribution in [0.2, 0.25) is 0 Å². The van der Waals surface area contributed by atoms with Gasteiger partial charge in [-0.1, -0.05) is 17.3 Å².